The summed E-state index contributed by atoms with van der Waals surface area (Å²) in [6.07, 6.45) is 2.10. The predicted octanol–water partition coefficient (Wildman–Crippen LogP) is 4.83. The molecule has 0 aromatic heterocycles. The molecular weight excluding hydrogens is 326 g/mol. The number of rotatable bonds is 2. The number of nitrogens with one attached hydrogen (secondary N) is 1. The highest BCUT2D eigenvalue weighted by Crippen LogP contribution is 2.79. The van der Waals surface area contributed by atoms with E-state index in [-0.39, 0.29) is 27.0 Å². The zero-order chi connectivity index (χ0) is 15.6. The molecule has 0 heterocycles. The lowest BCUT2D eigenvalue weighted by molar-refractivity contribution is -0.156. The molecule has 0 spiro atoms. The number of carbonyl (C=O) groups is 1. The minimum absolute atomic E-state index is 0.0385. The lowest BCUT2D eigenvalue weighted by Crippen LogP contribution is -2.68. The van der Waals surface area contributed by atoms with Gasteiger partial charge in [-0.1, -0.05) is 54.4 Å². The van der Waals surface area contributed by atoms with Gasteiger partial charge in [-0.25, -0.2) is 0 Å². The normalized spacial score (nSPS) is 36.2. The minimum Gasteiger partial charge on any atom is -0.325 e. The van der Waals surface area contributed by atoms with Crippen LogP contribution in [0.4, 0.5) is 5.69 Å². The molecule has 3 aliphatic carbocycles. The maximum atomic E-state index is 13.0. The molecular formula is C18H24BrNO. The van der Waals surface area contributed by atoms with Crippen molar-refractivity contribution in [2.75, 3.05) is 5.32 Å². The largest absolute Gasteiger partial charge is 0.325 e. The summed E-state index contributed by atoms with van der Waals surface area (Å²) < 4.78 is 0. The van der Waals surface area contributed by atoms with Crippen molar-refractivity contribution in [2.45, 2.75) is 52.3 Å². The Hall–Kier alpha value is -0.830. The fourth-order valence-corrected chi connectivity index (χ4v) is 6.46. The molecule has 21 heavy (non-hydrogen) atoms. The van der Waals surface area contributed by atoms with Gasteiger partial charge in [-0.3, -0.25) is 4.79 Å². The lowest BCUT2D eigenvalue weighted by Gasteiger charge is -2.64. The van der Waals surface area contributed by atoms with E-state index in [9.17, 15) is 4.79 Å². The van der Waals surface area contributed by atoms with E-state index < -0.39 is 0 Å². The fourth-order valence-electron chi connectivity index (χ4n) is 4.64. The molecule has 3 aliphatic rings. The molecule has 1 N–H and O–H groups in total. The van der Waals surface area contributed by atoms with Crippen LogP contribution in [0.1, 0.15) is 44.7 Å². The van der Waals surface area contributed by atoms with Crippen LogP contribution >= 0.6 is 15.9 Å². The van der Waals surface area contributed by atoms with Gasteiger partial charge in [0.1, 0.15) is 0 Å². The number of alkyl halides is 1. The first-order chi connectivity index (χ1) is 9.67. The number of aryl methyl sites for hydroxylation is 2. The number of amides is 1. The molecule has 2 nitrogen and oxygen atoms in total. The summed E-state index contributed by atoms with van der Waals surface area (Å²) in [4.78, 5) is 13.3. The maximum Gasteiger partial charge on any atom is 0.232 e. The molecule has 114 valence electrons. The van der Waals surface area contributed by atoms with Crippen LogP contribution in [-0.4, -0.2) is 10.7 Å². The van der Waals surface area contributed by atoms with Gasteiger partial charge in [0.2, 0.25) is 5.91 Å². The van der Waals surface area contributed by atoms with Crippen molar-refractivity contribution in [1.82, 2.24) is 0 Å². The van der Waals surface area contributed by atoms with Gasteiger partial charge in [-0.2, -0.15) is 0 Å². The molecule has 1 amide bonds. The van der Waals surface area contributed by atoms with Crippen LogP contribution in [0.5, 0.6) is 0 Å². The van der Waals surface area contributed by atoms with Gasteiger partial charge in [0, 0.05) is 10.5 Å². The Morgan fingerprint density at radius 3 is 2.38 bits per heavy atom. The summed E-state index contributed by atoms with van der Waals surface area (Å²) in [5.41, 5.74) is 3.28. The van der Waals surface area contributed by atoms with E-state index in [1.54, 1.807) is 0 Å². The molecule has 3 fully saturated rings. The summed E-state index contributed by atoms with van der Waals surface area (Å²) in [5, 5.41) is 3.19. The van der Waals surface area contributed by atoms with E-state index in [0.717, 1.165) is 24.1 Å². The van der Waals surface area contributed by atoms with E-state index in [1.807, 2.05) is 6.07 Å². The van der Waals surface area contributed by atoms with E-state index in [4.69, 9.17) is 0 Å². The van der Waals surface area contributed by atoms with Crippen LogP contribution in [0.2, 0.25) is 0 Å². The van der Waals surface area contributed by atoms with Crippen LogP contribution in [0, 0.1) is 30.1 Å². The number of carbonyl (C=O) groups excluding carboxylic acids is 1. The summed E-state index contributed by atoms with van der Waals surface area (Å²) >= 11 is 3.83. The molecule has 3 heteroatoms. The van der Waals surface area contributed by atoms with Crippen molar-refractivity contribution in [3.63, 3.8) is 0 Å². The van der Waals surface area contributed by atoms with Gasteiger partial charge in [0.05, 0.1) is 5.41 Å². The Morgan fingerprint density at radius 2 is 1.90 bits per heavy atom. The van der Waals surface area contributed by atoms with Crippen molar-refractivity contribution in [3.8, 4) is 0 Å². The summed E-state index contributed by atoms with van der Waals surface area (Å²) in [6, 6.07) is 6.18. The number of hydrogen-bond acceptors (Lipinski definition) is 1. The van der Waals surface area contributed by atoms with E-state index in [0.29, 0.717) is 0 Å². The molecule has 0 aliphatic heterocycles. The second-order valence-corrected chi connectivity index (χ2v) is 8.56. The summed E-state index contributed by atoms with van der Waals surface area (Å²) in [7, 11) is 0. The Morgan fingerprint density at radius 1 is 1.24 bits per heavy atom. The van der Waals surface area contributed by atoms with Crippen molar-refractivity contribution in [1.29, 1.82) is 0 Å². The lowest BCUT2D eigenvalue weighted by atomic mass is 9.43. The van der Waals surface area contributed by atoms with Crippen LogP contribution in [0.15, 0.2) is 18.2 Å². The Bertz CT molecular complexity index is 624. The van der Waals surface area contributed by atoms with Crippen molar-refractivity contribution < 1.29 is 4.79 Å². The zero-order valence-electron chi connectivity index (χ0n) is 13.5. The van der Waals surface area contributed by atoms with Crippen LogP contribution in [0.3, 0.4) is 0 Å². The van der Waals surface area contributed by atoms with E-state index >= 15 is 0 Å². The van der Waals surface area contributed by atoms with Gasteiger partial charge < -0.3 is 5.32 Å². The highest BCUT2D eigenvalue weighted by molar-refractivity contribution is 9.09. The Balaban J connectivity index is 1.90. The Labute approximate surface area is 135 Å². The van der Waals surface area contributed by atoms with Crippen LogP contribution in [-0.2, 0) is 4.79 Å². The maximum absolute atomic E-state index is 13.0. The van der Waals surface area contributed by atoms with Gasteiger partial charge in [0.15, 0.2) is 0 Å². The second kappa shape index (κ2) is 4.34. The quantitative estimate of drug-likeness (QED) is 0.761. The van der Waals surface area contributed by atoms with Crippen LogP contribution in [0.25, 0.3) is 0 Å². The number of anilines is 1. The number of hydrogen-bond donors (Lipinski definition) is 1. The fraction of sp³-hybridized carbons (Fsp3) is 0.611. The first-order valence-electron chi connectivity index (χ1n) is 7.69. The van der Waals surface area contributed by atoms with Gasteiger partial charge >= 0.3 is 0 Å². The minimum atomic E-state index is -0.279. The highest BCUT2D eigenvalue weighted by Gasteiger charge is 2.80. The van der Waals surface area contributed by atoms with Gasteiger partial charge in [0.25, 0.3) is 0 Å². The highest BCUT2D eigenvalue weighted by atomic mass is 79.9. The smallest absolute Gasteiger partial charge is 0.232 e. The van der Waals surface area contributed by atoms with Crippen molar-refractivity contribution in [3.05, 3.63) is 29.3 Å². The molecule has 4 rings (SSSR count). The van der Waals surface area contributed by atoms with Crippen molar-refractivity contribution >= 4 is 27.5 Å². The van der Waals surface area contributed by atoms with Crippen molar-refractivity contribution in [2.24, 2.45) is 16.2 Å². The summed E-state index contributed by atoms with van der Waals surface area (Å²) in [6.45, 7) is 10.9. The van der Waals surface area contributed by atoms with Gasteiger partial charge in [-0.15, -0.1) is 0 Å². The SMILES string of the molecule is Cc1ccc(NC(=O)C23CCC(C)(C2Br)C3(C)C)c(C)c1. The van der Waals surface area contributed by atoms with E-state index in [1.165, 1.54) is 5.56 Å². The Kier molecular flexibility index (Phi) is 3.12. The first kappa shape index (κ1) is 15.1. The molecule has 3 unspecified atom stereocenters. The second-order valence-electron chi connectivity index (χ2n) is 7.65. The van der Waals surface area contributed by atoms with E-state index in [2.05, 4.69) is 68.0 Å². The standard InChI is InChI=1S/C18H24BrNO/c1-11-6-7-13(12(2)10-11)20-15(21)18-9-8-17(5,14(18)19)16(18,3)4/h6-7,10,14H,8-9H2,1-5H3,(H,20,21). The zero-order valence-corrected chi connectivity index (χ0v) is 15.1. The number of fused-ring (bicyclic) bond motifs is 1. The molecule has 0 saturated heterocycles. The molecule has 0 radical (unpaired) electrons. The molecule has 2 bridgehead atoms. The van der Waals surface area contributed by atoms with Crippen LogP contribution < -0.4 is 5.32 Å². The third kappa shape index (κ3) is 1.61. The topological polar surface area (TPSA) is 29.1 Å². The number of benzene rings is 1. The molecule has 3 atom stereocenters. The van der Waals surface area contributed by atoms with Gasteiger partial charge in [-0.05, 0) is 49.1 Å². The predicted molar refractivity (Wildman–Crippen MR) is 90.8 cm³/mol. The monoisotopic (exact) mass is 349 g/mol. The molecule has 1 aromatic rings. The third-order valence-corrected chi connectivity index (χ3v) is 8.40. The molecule has 1 aromatic carbocycles. The average Bonchev–Trinajstić information content (AvgIpc) is 2.81. The average molecular weight is 350 g/mol. The summed E-state index contributed by atoms with van der Waals surface area (Å²) in [5.74, 6) is 0.177. The first-order valence-corrected chi connectivity index (χ1v) is 8.61. The molecule has 3 saturated carbocycles. The third-order valence-electron chi connectivity index (χ3n) is 6.61. The number of halogens is 1.